The van der Waals surface area contributed by atoms with Crippen molar-refractivity contribution in [2.24, 2.45) is 0 Å². The smallest absolute Gasteiger partial charge is 0.496 e. The zero-order chi connectivity index (χ0) is 24.2. The number of ether oxygens (including phenoxy) is 2. The molecular formula is C26H35Cl2F3N2O3. The topological polar surface area (TPSA) is 54.0 Å². The second kappa shape index (κ2) is 13.2. The van der Waals surface area contributed by atoms with Gasteiger partial charge in [0.25, 0.3) is 0 Å². The van der Waals surface area contributed by atoms with Crippen molar-refractivity contribution in [2.45, 2.75) is 50.0 Å². The van der Waals surface area contributed by atoms with Gasteiger partial charge in [-0.3, -0.25) is 0 Å². The minimum Gasteiger partial charge on any atom is -0.496 e. The van der Waals surface area contributed by atoms with Crippen molar-refractivity contribution in [1.29, 1.82) is 0 Å². The fourth-order valence-electron chi connectivity index (χ4n) is 5.22. The maximum atomic E-state index is 12.7. The zero-order valence-corrected chi connectivity index (χ0v) is 22.0. The van der Waals surface area contributed by atoms with E-state index in [2.05, 4.69) is 15.0 Å². The van der Waals surface area contributed by atoms with Crippen LogP contribution in [0.4, 0.5) is 13.2 Å². The second-order valence-corrected chi connectivity index (χ2v) is 9.39. The molecule has 202 valence electrons. The summed E-state index contributed by atoms with van der Waals surface area (Å²) in [6.07, 6.45) is -0.597. The molecule has 5 nitrogen and oxygen atoms in total. The van der Waals surface area contributed by atoms with Gasteiger partial charge in [0.15, 0.2) is 0 Å². The third-order valence-corrected chi connectivity index (χ3v) is 7.00. The molecular weight excluding hydrogens is 516 g/mol. The van der Waals surface area contributed by atoms with Crippen LogP contribution in [0, 0.1) is 0 Å². The largest absolute Gasteiger partial charge is 0.573 e. The number of alkyl halides is 3. The maximum Gasteiger partial charge on any atom is 0.573 e. The van der Waals surface area contributed by atoms with Crippen molar-refractivity contribution in [2.75, 3.05) is 39.8 Å². The van der Waals surface area contributed by atoms with Crippen molar-refractivity contribution >= 4 is 24.8 Å². The Morgan fingerprint density at radius 1 is 1.11 bits per heavy atom. The van der Waals surface area contributed by atoms with Gasteiger partial charge in [-0.05, 0) is 73.4 Å². The molecule has 0 radical (unpaired) electrons. The number of aliphatic hydroxyl groups is 1. The molecule has 1 saturated carbocycles. The van der Waals surface area contributed by atoms with E-state index in [4.69, 9.17) is 4.74 Å². The molecule has 1 saturated heterocycles. The number of hydrogen-bond donors (Lipinski definition) is 2. The maximum absolute atomic E-state index is 12.7. The molecule has 2 atom stereocenters. The zero-order valence-electron chi connectivity index (χ0n) is 20.4. The lowest BCUT2D eigenvalue weighted by Crippen LogP contribution is -2.46. The molecule has 10 heteroatoms. The quantitative estimate of drug-likeness (QED) is 0.457. The van der Waals surface area contributed by atoms with Gasteiger partial charge in [-0.25, -0.2) is 0 Å². The van der Waals surface area contributed by atoms with Crippen LogP contribution in [0.1, 0.15) is 43.6 Å². The highest BCUT2D eigenvalue weighted by Crippen LogP contribution is 2.43. The molecule has 2 aromatic carbocycles. The molecule has 2 N–H and O–H groups in total. The van der Waals surface area contributed by atoms with Crippen LogP contribution in [0.25, 0.3) is 11.1 Å². The molecule has 0 spiro atoms. The van der Waals surface area contributed by atoms with E-state index in [-0.39, 0.29) is 36.5 Å². The summed E-state index contributed by atoms with van der Waals surface area (Å²) < 4.78 is 47.7. The molecule has 4 rings (SSSR count). The molecule has 0 aromatic heterocycles. The summed E-state index contributed by atoms with van der Waals surface area (Å²) >= 11 is 0. The first-order valence-corrected chi connectivity index (χ1v) is 11.9. The Labute approximate surface area is 223 Å². The average Bonchev–Trinajstić information content (AvgIpc) is 2.82. The van der Waals surface area contributed by atoms with Crippen LogP contribution in [0.2, 0.25) is 0 Å². The van der Waals surface area contributed by atoms with E-state index < -0.39 is 12.0 Å². The monoisotopic (exact) mass is 550 g/mol. The standard InChI is InChI=1S/C26H33F3N2O3.2ClH/c1-33-24-8-7-19(17-23(24)20-4-2-6-22(16-20)34-26(27,28)29)21-5-3-9-25(32,18-21)10-13-31-14-11-30-12-15-31;;/h2,4,6-8,16-17,21,30,32H,3,5,9-15,18H2,1H3;2*1H. The number of benzene rings is 2. The molecule has 2 fully saturated rings. The average molecular weight is 551 g/mol. The third-order valence-electron chi connectivity index (χ3n) is 7.00. The Hall–Kier alpha value is -1.71. The van der Waals surface area contributed by atoms with Crippen molar-refractivity contribution in [3.63, 3.8) is 0 Å². The predicted molar refractivity (Wildman–Crippen MR) is 140 cm³/mol. The van der Waals surface area contributed by atoms with Gasteiger partial charge in [0.2, 0.25) is 0 Å². The number of piperazine rings is 1. The third kappa shape index (κ3) is 8.15. The van der Waals surface area contributed by atoms with Crippen LogP contribution in [0.5, 0.6) is 11.5 Å². The first kappa shape index (κ1) is 30.5. The lowest BCUT2D eigenvalue weighted by molar-refractivity contribution is -0.274. The highest BCUT2D eigenvalue weighted by Gasteiger charge is 2.35. The van der Waals surface area contributed by atoms with Crippen molar-refractivity contribution < 1.29 is 27.8 Å². The van der Waals surface area contributed by atoms with Crippen LogP contribution in [-0.4, -0.2) is 61.8 Å². The molecule has 2 aromatic rings. The first-order chi connectivity index (χ1) is 16.2. The number of halogens is 5. The Kier molecular flexibility index (Phi) is 11.2. The van der Waals surface area contributed by atoms with Crippen molar-refractivity contribution in [3.05, 3.63) is 48.0 Å². The van der Waals surface area contributed by atoms with Crippen molar-refractivity contribution in [1.82, 2.24) is 10.2 Å². The molecule has 2 aliphatic rings. The van der Waals surface area contributed by atoms with Crippen LogP contribution in [-0.2, 0) is 0 Å². The van der Waals surface area contributed by atoms with E-state index in [0.29, 0.717) is 23.3 Å². The van der Waals surface area contributed by atoms with Gasteiger partial charge >= 0.3 is 6.36 Å². The summed E-state index contributed by atoms with van der Waals surface area (Å²) in [4.78, 5) is 2.40. The Morgan fingerprint density at radius 3 is 2.56 bits per heavy atom. The van der Waals surface area contributed by atoms with E-state index in [9.17, 15) is 18.3 Å². The minimum atomic E-state index is -4.75. The molecule has 36 heavy (non-hydrogen) atoms. The summed E-state index contributed by atoms with van der Waals surface area (Å²) in [7, 11) is 1.55. The molecule has 1 aliphatic carbocycles. The number of nitrogens with one attached hydrogen (secondary N) is 1. The van der Waals surface area contributed by atoms with Crippen LogP contribution in [0.3, 0.4) is 0 Å². The van der Waals surface area contributed by atoms with Gasteiger partial charge in [-0.15, -0.1) is 38.0 Å². The summed E-state index contributed by atoms with van der Waals surface area (Å²) in [6, 6.07) is 11.8. The van der Waals surface area contributed by atoms with Gasteiger partial charge in [-0.1, -0.05) is 18.2 Å². The fourth-order valence-corrected chi connectivity index (χ4v) is 5.22. The van der Waals surface area contributed by atoms with Gasteiger partial charge in [-0.2, -0.15) is 0 Å². The predicted octanol–water partition coefficient (Wildman–Crippen LogP) is 5.79. The van der Waals surface area contributed by atoms with Crippen LogP contribution < -0.4 is 14.8 Å². The van der Waals surface area contributed by atoms with E-state index in [0.717, 1.165) is 64.0 Å². The summed E-state index contributed by atoms with van der Waals surface area (Å²) in [5, 5.41) is 14.7. The summed E-state index contributed by atoms with van der Waals surface area (Å²) in [6.45, 7) is 4.90. The van der Waals surface area contributed by atoms with Crippen LogP contribution >= 0.6 is 24.8 Å². The SMILES string of the molecule is COc1ccc(C2CCCC(O)(CCN3CCNCC3)C2)cc1-c1cccc(OC(F)(F)F)c1.Cl.Cl. The van der Waals surface area contributed by atoms with Gasteiger partial charge in [0.05, 0.1) is 12.7 Å². The molecule has 1 heterocycles. The minimum absolute atomic E-state index is 0. The Bertz CT molecular complexity index is 974. The lowest BCUT2D eigenvalue weighted by atomic mass is 9.73. The number of hydrogen-bond acceptors (Lipinski definition) is 5. The highest BCUT2D eigenvalue weighted by atomic mass is 35.5. The number of nitrogens with zero attached hydrogens (tertiary/aromatic N) is 1. The molecule has 0 amide bonds. The van der Waals surface area contributed by atoms with Gasteiger partial charge in [0, 0.05) is 38.3 Å². The fraction of sp³-hybridized carbons (Fsp3) is 0.538. The van der Waals surface area contributed by atoms with Crippen molar-refractivity contribution in [3.8, 4) is 22.6 Å². The molecule has 2 unspecified atom stereocenters. The van der Waals surface area contributed by atoms with E-state index in [1.807, 2.05) is 18.2 Å². The summed E-state index contributed by atoms with van der Waals surface area (Å²) in [5.41, 5.74) is 1.67. The molecule has 0 bridgehead atoms. The van der Waals surface area contributed by atoms with E-state index in [1.54, 1.807) is 13.2 Å². The highest BCUT2D eigenvalue weighted by molar-refractivity contribution is 5.85. The Morgan fingerprint density at radius 2 is 1.86 bits per heavy atom. The summed E-state index contributed by atoms with van der Waals surface area (Å²) in [5.74, 6) is 0.496. The van der Waals surface area contributed by atoms with Gasteiger partial charge < -0.3 is 24.8 Å². The second-order valence-electron chi connectivity index (χ2n) is 9.39. The van der Waals surface area contributed by atoms with Crippen LogP contribution in [0.15, 0.2) is 42.5 Å². The Balaban J connectivity index is 0.00000228. The first-order valence-electron chi connectivity index (χ1n) is 11.9. The van der Waals surface area contributed by atoms with E-state index in [1.165, 1.54) is 18.2 Å². The number of rotatable bonds is 7. The van der Waals surface area contributed by atoms with Gasteiger partial charge in [0.1, 0.15) is 11.5 Å². The normalized spacial score (nSPS) is 22.8. The lowest BCUT2D eigenvalue weighted by Gasteiger charge is -2.39. The number of methoxy groups -OCH3 is 1. The van der Waals surface area contributed by atoms with E-state index >= 15 is 0 Å². The molecule has 1 aliphatic heterocycles.